The van der Waals surface area contributed by atoms with Gasteiger partial charge >= 0.3 is 0 Å². The first-order valence-corrected chi connectivity index (χ1v) is 6.91. The van der Waals surface area contributed by atoms with Gasteiger partial charge in [0.1, 0.15) is 0 Å². The third kappa shape index (κ3) is 2.60. The Labute approximate surface area is 126 Å². The first-order valence-electron chi connectivity index (χ1n) is 6.54. The van der Waals surface area contributed by atoms with Crippen molar-refractivity contribution in [1.29, 1.82) is 0 Å². The van der Waals surface area contributed by atoms with Crippen LogP contribution in [0.15, 0.2) is 64.2 Å². The molecule has 104 valence electrons. The van der Waals surface area contributed by atoms with Crippen molar-refractivity contribution in [3.63, 3.8) is 0 Å². The van der Waals surface area contributed by atoms with Gasteiger partial charge < -0.3 is 5.32 Å². The van der Waals surface area contributed by atoms with Crippen molar-refractivity contribution < 1.29 is 0 Å². The normalized spacial score (nSPS) is 10.7. The Balaban J connectivity index is 1.87. The summed E-state index contributed by atoms with van der Waals surface area (Å²) in [5, 5.41) is 3.65. The van der Waals surface area contributed by atoms with E-state index in [0.717, 1.165) is 5.56 Å². The van der Waals surface area contributed by atoms with E-state index in [2.05, 4.69) is 5.32 Å². The molecule has 0 radical (unpaired) electrons. The second kappa shape index (κ2) is 5.54. The SMILES string of the molecule is O=c1c(NCc2ccccc2)c(-c2ccc(Cl)cc2)c1=O. The van der Waals surface area contributed by atoms with Crippen LogP contribution < -0.4 is 16.2 Å². The lowest BCUT2D eigenvalue weighted by molar-refractivity contribution is 1.13. The standard InChI is InChI=1S/C17H12ClNO2/c18-13-8-6-12(7-9-13)14-15(17(21)16(14)20)19-10-11-4-2-1-3-5-11/h1-9,19H,10H2. The summed E-state index contributed by atoms with van der Waals surface area (Å²) in [7, 11) is 0. The molecule has 0 atom stereocenters. The van der Waals surface area contributed by atoms with Gasteiger partial charge in [-0.1, -0.05) is 54.1 Å². The van der Waals surface area contributed by atoms with Crippen LogP contribution in [-0.2, 0) is 6.54 Å². The molecule has 0 aromatic heterocycles. The molecular formula is C17H12ClNO2. The third-order valence-electron chi connectivity index (χ3n) is 3.36. The van der Waals surface area contributed by atoms with Crippen LogP contribution in [0.1, 0.15) is 5.56 Å². The first kappa shape index (κ1) is 13.6. The highest BCUT2D eigenvalue weighted by Crippen LogP contribution is 2.25. The molecule has 0 saturated carbocycles. The average molecular weight is 298 g/mol. The van der Waals surface area contributed by atoms with Crippen molar-refractivity contribution in [2.24, 2.45) is 0 Å². The highest BCUT2D eigenvalue weighted by molar-refractivity contribution is 6.30. The molecule has 21 heavy (non-hydrogen) atoms. The predicted octanol–water partition coefficient (Wildman–Crippen LogP) is 3.22. The van der Waals surface area contributed by atoms with Gasteiger partial charge in [-0.3, -0.25) is 9.59 Å². The van der Waals surface area contributed by atoms with E-state index >= 15 is 0 Å². The Morgan fingerprint density at radius 3 is 2.19 bits per heavy atom. The van der Waals surface area contributed by atoms with Crippen LogP contribution in [0.2, 0.25) is 5.02 Å². The van der Waals surface area contributed by atoms with Gasteiger partial charge in [0.15, 0.2) is 0 Å². The maximum Gasteiger partial charge on any atom is 0.250 e. The van der Waals surface area contributed by atoms with E-state index < -0.39 is 10.9 Å². The lowest BCUT2D eigenvalue weighted by Crippen LogP contribution is -2.36. The van der Waals surface area contributed by atoms with Crippen molar-refractivity contribution in [3.05, 3.63) is 85.6 Å². The molecule has 3 aromatic rings. The number of hydrogen-bond donors (Lipinski definition) is 1. The maximum absolute atomic E-state index is 11.8. The van der Waals surface area contributed by atoms with E-state index in [1.165, 1.54) is 0 Å². The summed E-state index contributed by atoms with van der Waals surface area (Å²) in [5.41, 5.74) is 1.66. The number of hydrogen-bond acceptors (Lipinski definition) is 3. The molecule has 4 heteroatoms. The number of benzene rings is 2. The second-order valence-electron chi connectivity index (χ2n) is 4.75. The summed E-state index contributed by atoms with van der Waals surface area (Å²) >= 11 is 5.84. The first-order chi connectivity index (χ1) is 10.2. The Bertz CT molecular complexity index is 832. The zero-order valence-corrected chi connectivity index (χ0v) is 11.9. The second-order valence-corrected chi connectivity index (χ2v) is 5.19. The lowest BCUT2D eigenvalue weighted by atomic mass is 9.98. The van der Waals surface area contributed by atoms with Crippen molar-refractivity contribution in [1.82, 2.24) is 0 Å². The van der Waals surface area contributed by atoms with Crippen molar-refractivity contribution in [2.75, 3.05) is 5.32 Å². The zero-order valence-electron chi connectivity index (χ0n) is 11.1. The molecule has 3 rings (SSSR count). The maximum atomic E-state index is 11.8. The smallest absolute Gasteiger partial charge is 0.250 e. The highest BCUT2D eigenvalue weighted by Gasteiger charge is 2.21. The Hall–Kier alpha value is -2.39. The number of nitrogens with one attached hydrogen (secondary N) is 1. The largest absolute Gasteiger partial charge is 0.377 e. The number of halogens is 1. The number of rotatable bonds is 4. The molecule has 1 N–H and O–H groups in total. The highest BCUT2D eigenvalue weighted by atomic mass is 35.5. The van der Waals surface area contributed by atoms with Gasteiger partial charge in [0.25, 0.3) is 0 Å². The monoisotopic (exact) mass is 297 g/mol. The van der Waals surface area contributed by atoms with Crippen LogP contribution in [0.25, 0.3) is 11.1 Å². The molecule has 0 bridgehead atoms. The van der Waals surface area contributed by atoms with Crippen LogP contribution in [0.4, 0.5) is 5.69 Å². The minimum Gasteiger partial charge on any atom is -0.377 e. The van der Waals surface area contributed by atoms with Gasteiger partial charge in [0.05, 0.1) is 11.3 Å². The Morgan fingerprint density at radius 1 is 0.857 bits per heavy atom. The van der Waals surface area contributed by atoms with E-state index in [1.54, 1.807) is 24.3 Å². The Morgan fingerprint density at radius 2 is 1.52 bits per heavy atom. The molecule has 3 aromatic carbocycles. The van der Waals surface area contributed by atoms with Gasteiger partial charge in [-0.2, -0.15) is 0 Å². The summed E-state index contributed by atoms with van der Waals surface area (Å²) in [4.78, 5) is 23.5. The molecule has 0 heterocycles. The summed E-state index contributed by atoms with van der Waals surface area (Å²) < 4.78 is 0. The molecule has 0 aliphatic heterocycles. The number of anilines is 1. The van der Waals surface area contributed by atoms with E-state index in [0.29, 0.717) is 28.4 Å². The van der Waals surface area contributed by atoms with Gasteiger partial charge in [-0.15, -0.1) is 0 Å². The molecule has 0 aliphatic carbocycles. The van der Waals surface area contributed by atoms with Crippen molar-refractivity contribution in [2.45, 2.75) is 6.54 Å². The van der Waals surface area contributed by atoms with Crippen LogP contribution in [-0.4, -0.2) is 0 Å². The minimum absolute atomic E-state index is 0.381. The van der Waals surface area contributed by atoms with Crippen LogP contribution in [0, 0.1) is 0 Å². The Kier molecular flexibility index (Phi) is 3.59. The van der Waals surface area contributed by atoms with Crippen LogP contribution in [0.3, 0.4) is 0 Å². The summed E-state index contributed by atoms with van der Waals surface area (Å²) in [6.45, 7) is 0.506. The van der Waals surface area contributed by atoms with Crippen LogP contribution >= 0.6 is 11.6 Å². The minimum atomic E-state index is -0.462. The lowest BCUT2D eigenvalue weighted by Gasteiger charge is -2.13. The topological polar surface area (TPSA) is 46.2 Å². The van der Waals surface area contributed by atoms with E-state index in [-0.39, 0.29) is 0 Å². The summed E-state index contributed by atoms with van der Waals surface area (Å²) in [6, 6.07) is 16.6. The fourth-order valence-electron chi connectivity index (χ4n) is 2.24. The third-order valence-corrected chi connectivity index (χ3v) is 3.61. The fourth-order valence-corrected chi connectivity index (χ4v) is 2.36. The quantitative estimate of drug-likeness (QED) is 0.752. The van der Waals surface area contributed by atoms with Gasteiger partial charge in [0, 0.05) is 11.6 Å². The molecule has 0 spiro atoms. The zero-order chi connectivity index (χ0) is 14.8. The van der Waals surface area contributed by atoms with Gasteiger partial charge in [0.2, 0.25) is 10.9 Å². The molecule has 0 unspecified atom stereocenters. The van der Waals surface area contributed by atoms with E-state index in [1.807, 2.05) is 30.3 Å². The predicted molar refractivity (Wildman–Crippen MR) is 85.6 cm³/mol. The molecule has 3 nitrogen and oxygen atoms in total. The average Bonchev–Trinajstić information content (AvgIpc) is 2.53. The summed E-state index contributed by atoms with van der Waals surface area (Å²) in [5.74, 6) is 0. The molecule has 0 amide bonds. The van der Waals surface area contributed by atoms with Crippen molar-refractivity contribution in [3.8, 4) is 11.1 Å². The van der Waals surface area contributed by atoms with E-state index in [4.69, 9.17) is 11.6 Å². The molecule has 0 aliphatic rings. The van der Waals surface area contributed by atoms with E-state index in [9.17, 15) is 9.59 Å². The molecule has 0 fully saturated rings. The summed E-state index contributed by atoms with van der Waals surface area (Å²) in [6.07, 6.45) is 0. The fraction of sp³-hybridized carbons (Fsp3) is 0.0588. The van der Waals surface area contributed by atoms with Gasteiger partial charge in [-0.25, -0.2) is 0 Å². The van der Waals surface area contributed by atoms with Crippen molar-refractivity contribution >= 4 is 17.3 Å². The molecular weight excluding hydrogens is 286 g/mol. The van der Waals surface area contributed by atoms with Gasteiger partial charge in [-0.05, 0) is 23.3 Å². The molecule has 0 saturated heterocycles. The van der Waals surface area contributed by atoms with Crippen LogP contribution in [0.5, 0.6) is 0 Å².